The van der Waals surface area contributed by atoms with Gasteiger partial charge in [0.25, 0.3) is 0 Å². The van der Waals surface area contributed by atoms with Crippen molar-refractivity contribution in [2.75, 3.05) is 26.2 Å². The van der Waals surface area contributed by atoms with Crippen molar-refractivity contribution in [1.82, 2.24) is 14.5 Å². The standard InChI is InChI=1S/C20H21ClF3N3O3S/c1-14(17-7-2-3-8-18(17)21)25-19(28)26-9-11-27(12-10-26)31(29,30)16-6-4-5-15(13-16)20(22,23)24/h2-8,13-14H,9-12H2,1H3,(H,25,28). The summed E-state index contributed by atoms with van der Waals surface area (Å²) in [4.78, 5) is 13.6. The molecule has 168 valence electrons. The molecule has 1 unspecified atom stereocenters. The maximum absolute atomic E-state index is 12.9. The number of rotatable bonds is 4. The molecule has 1 saturated heterocycles. The highest BCUT2D eigenvalue weighted by molar-refractivity contribution is 7.89. The second kappa shape index (κ2) is 9.05. The fourth-order valence-electron chi connectivity index (χ4n) is 3.29. The van der Waals surface area contributed by atoms with Crippen molar-refractivity contribution in [3.05, 3.63) is 64.7 Å². The molecule has 6 nitrogen and oxygen atoms in total. The van der Waals surface area contributed by atoms with Crippen LogP contribution in [0.2, 0.25) is 5.02 Å². The fraction of sp³-hybridized carbons (Fsp3) is 0.350. The van der Waals surface area contributed by atoms with Gasteiger partial charge in [0.05, 0.1) is 16.5 Å². The lowest BCUT2D eigenvalue weighted by molar-refractivity contribution is -0.137. The Balaban J connectivity index is 1.63. The van der Waals surface area contributed by atoms with Gasteiger partial charge in [0.2, 0.25) is 10.0 Å². The van der Waals surface area contributed by atoms with E-state index in [1.807, 2.05) is 0 Å². The molecule has 11 heteroatoms. The Morgan fingerprint density at radius 1 is 1.06 bits per heavy atom. The third-order valence-corrected chi connectivity index (χ3v) is 7.28. The highest BCUT2D eigenvalue weighted by Gasteiger charge is 2.34. The average Bonchev–Trinajstić information content (AvgIpc) is 2.73. The zero-order valence-corrected chi connectivity index (χ0v) is 18.1. The van der Waals surface area contributed by atoms with E-state index in [2.05, 4.69) is 5.32 Å². The lowest BCUT2D eigenvalue weighted by atomic mass is 10.1. The van der Waals surface area contributed by atoms with Gasteiger partial charge in [-0.1, -0.05) is 35.9 Å². The molecule has 2 aromatic rings. The first-order valence-corrected chi connectivity index (χ1v) is 11.3. The van der Waals surface area contributed by atoms with Crippen molar-refractivity contribution in [2.45, 2.75) is 24.0 Å². The summed E-state index contributed by atoms with van der Waals surface area (Å²) >= 11 is 6.15. The third kappa shape index (κ3) is 5.31. The van der Waals surface area contributed by atoms with Gasteiger partial charge in [-0.3, -0.25) is 0 Å². The number of alkyl halides is 3. The number of hydrogen-bond acceptors (Lipinski definition) is 3. The van der Waals surface area contributed by atoms with Crippen LogP contribution in [0.15, 0.2) is 53.4 Å². The summed E-state index contributed by atoms with van der Waals surface area (Å²) in [5.41, 5.74) is -0.275. The summed E-state index contributed by atoms with van der Waals surface area (Å²) in [5.74, 6) is 0. The lowest BCUT2D eigenvalue weighted by Crippen LogP contribution is -2.53. The predicted molar refractivity (Wildman–Crippen MR) is 110 cm³/mol. The maximum atomic E-state index is 12.9. The largest absolute Gasteiger partial charge is 0.416 e. The van der Waals surface area contributed by atoms with E-state index in [1.165, 1.54) is 4.90 Å². The van der Waals surface area contributed by atoms with Crippen LogP contribution in [-0.2, 0) is 16.2 Å². The average molecular weight is 476 g/mol. The number of carbonyl (C=O) groups excluding carboxylic acids is 1. The van der Waals surface area contributed by atoms with Gasteiger partial charge in [-0.05, 0) is 36.8 Å². The molecule has 1 heterocycles. The van der Waals surface area contributed by atoms with Gasteiger partial charge in [0.15, 0.2) is 0 Å². The number of urea groups is 1. The summed E-state index contributed by atoms with van der Waals surface area (Å²) in [5, 5.41) is 3.35. The molecule has 0 bridgehead atoms. The highest BCUT2D eigenvalue weighted by Crippen LogP contribution is 2.31. The first-order valence-electron chi connectivity index (χ1n) is 9.47. The fourth-order valence-corrected chi connectivity index (χ4v) is 5.06. The van der Waals surface area contributed by atoms with E-state index in [9.17, 15) is 26.4 Å². The van der Waals surface area contributed by atoms with Crippen LogP contribution in [0.25, 0.3) is 0 Å². The summed E-state index contributed by atoms with van der Waals surface area (Å²) in [6, 6.07) is 10.0. The molecule has 3 rings (SSSR count). The van der Waals surface area contributed by atoms with E-state index in [0.717, 1.165) is 28.1 Å². The van der Waals surface area contributed by atoms with Crippen molar-refractivity contribution in [3.63, 3.8) is 0 Å². The number of nitrogens with one attached hydrogen (secondary N) is 1. The van der Waals surface area contributed by atoms with E-state index < -0.39 is 26.7 Å². The molecule has 0 aromatic heterocycles. The van der Waals surface area contributed by atoms with Gasteiger partial charge in [-0.2, -0.15) is 17.5 Å². The number of halogens is 4. The predicted octanol–water partition coefficient (Wildman–Crippen LogP) is 4.14. The normalized spacial score (nSPS) is 16.7. The lowest BCUT2D eigenvalue weighted by Gasteiger charge is -2.34. The molecule has 31 heavy (non-hydrogen) atoms. The molecule has 0 saturated carbocycles. The molecule has 1 aliphatic heterocycles. The van der Waals surface area contributed by atoms with Crippen LogP contribution in [0.5, 0.6) is 0 Å². The van der Waals surface area contributed by atoms with E-state index in [0.29, 0.717) is 11.1 Å². The van der Waals surface area contributed by atoms with Crippen molar-refractivity contribution < 1.29 is 26.4 Å². The Morgan fingerprint density at radius 2 is 1.71 bits per heavy atom. The summed E-state index contributed by atoms with van der Waals surface area (Å²) < 4.78 is 65.4. The van der Waals surface area contributed by atoms with Crippen LogP contribution in [0.4, 0.5) is 18.0 Å². The van der Waals surface area contributed by atoms with E-state index in [-0.39, 0.29) is 38.3 Å². The summed E-state index contributed by atoms with van der Waals surface area (Å²) in [6.45, 7) is 1.96. The minimum Gasteiger partial charge on any atom is -0.331 e. The van der Waals surface area contributed by atoms with Crippen LogP contribution in [0, 0.1) is 0 Å². The number of hydrogen-bond donors (Lipinski definition) is 1. The van der Waals surface area contributed by atoms with Crippen LogP contribution in [0.1, 0.15) is 24.1 Å². The van der Waals surface area contributed by atoms with Crippen molar-refractivity contribution in [3.8, 4) is 0 Å². The zero-order valence-electron chi connectivity index (χ0n) is 16.6. The van der Waals surface area contributed by atoms with E-state index in [4.69, 9.17) is 11.6 Å². The number of nitrogens with zero attached hydrogens (tertiary/aromatic N) is 2. The molecule has 0 spiro atoms. The molecule has 1 N–H and O–H groups in total. The molecule has 1 aliphatic rings. The Kier molecular flexibility index (Phi) is 6.82. The van der Waals surface area contributed by atoms with Gasteiger partial charge in [-0.15, -0.1) is 0 Å². The molecule has 2 amide bonds. The van der Waals surface area contributed by atoms with Gasteiger partial charge >= 0.3 is 12.2 Å². The molecular formula is C20H21ClF3N3O3S. The number of carbonyl (C=O) groups is 1. The zero-order chi connectivity index (χ0) is 22.8. The first kappa shape index (κ1) is 23.4. The number of amides is 2. The number of piperazine rings is 1. The van der Waals surface area contributed by atoms with Gasteiger partial charge in [0.1, 0.15) is 0 Å². The molecule has 2 aromatic carbocycles. The van der Waals surface area contributed by atoms with Crippen molar-refractivity contribution in [1.29, 1.82) is 0 Å². The molecule has 1 atom stereocenters. The van der Waals surface area contributed by atoms with Gasteiger partial charge < -0.3 is 10.2 Å². The molecule has 1 fully saturated rings. The topological polar surface area (TPSA) is 69.7 Å². The van der Waals surface area contributed by atoms with Crippen molar-refractivity contribution >= 4 is 27.7 Å². The Hall–Kier alpha value is -2.30. The first-order chi connectivity index (χ1) is 14.5. The summed E-state index contributed by atoms with van der Waals surface area (Å²) in [6.07, 6.45) is -4.64. The maximum Gasteiger partial charge on any atom is 0.416 e. The van der Waals surface area contributed by atoms with E-state index in [1.54, 1.807) is 31.2 Å². The van der Waals surface area contributed by atoms with E-state index >= 15 is 0 Å². The Labute approximate surface area is 183 Å². The Bertz CT molecular complexity index is 1050. The molecule has 0 aliphatic carbocycles. The van der Waals surface area contributed by atoms with Crippen LogP contribution in [0.3, 0.4) is 0 Å². The van der Waals surface area contributed by atoms with Crippen LogP contribution >= 0.6 is 11.6 Å². The van der Waals surface area contributed by atoms with Crippen molar-refractivity contribution in [2.24, 2.45) is 0 Å². The number of sulfonamides is 1. The number of benzene rings is 2. The second-order valence-electron chi connectivity index (χ2n) is 7.11. The Morgan fingerprint density at radius 3 is 2.32 bits per heavy atom. The minimum absolute atomic E-state index is 0.0214. The molecule has 0 radical (unpaired) electrons. The van der Waals surface area contributed by atoms with Gasteiger partial charge in [0, 0.05) is 31.2 Å². The molecular weight excluding hydrogens is 455 g/mol. The quantitative estimate of drug-likeness (QED) is 0.722. The SMILES string of the molecule is CC(NC(=O)N1CCN(S(=O)(=O)c2cccc(C(F)(F)F)c2)CC1)c1ccccc1Cl. The minimum atomic E-state index is -4.64. The summed E-state index contributed by atoms with van der Waals surface area (Å²) in [7, 11) is -4.11. The highest BCUT2D eigenvalue weighted by atomic mass is 35.5. The smallest absolute Gasteiger partial charge is 0.331 e. The third-order valence-electron chi connectivity index (χ3n) is 5.04. The second-order valence-corrected chi connectivity index (χ2v) is 9.45. The van der Waals surface area contributed by atoms with Crippen LogP contribution in [-0.4, -0.2) is 49.8 Å². The monoisotopic (exact) mass is 475 g/mol. The van der Waals surface area contributed by atoms with Crippen LogP contribution < -0.4 is 5.32 Å². The van der Waals surface area contributed by atoms with Gasteiger partial charge in [-0.25, -0.2) is 13.2 Å².